The number of hydrogen-bond acceptors (Lipinski definition) is 3. The summed E-state index contributed by atoms with van der Waals surface area (Å²) in [5, 5.41) is 3.12. The van der Waals surface area contributed by atoms with Crippen LogP contribution in [0, 0.1) is 5.82 Å². The van der Waals surface area contributed by atoms with E-state index in [1.165, 1.54) is 12.1 Å². The average molecular weight is 355 g/mol. The molecule has 138 valence electrons. The normalized spacial score (nSPS) is 17.0. The van der Waals surface area contributed by atoms with E-state index >= 15 is 0 Å². The molecular formula is C21H26FN3O. The number of nitrogens with zero attached hydrogens (tertiary/aromatic N) is 1. The van der Waals surface area contributed by atoms with Gasteiger partial charge in [-0.15, -0.1) is 0 Å². The first-order chi connectivity index (χ1) is 12.6. The molecule has 1 unspecified atom stereocenters. The summed E-state index contributed by atoms with van der Waals surface area (Å²) in [7, 11) is 0. The Balaban J connectivity index is 1.40. The van der Waals surface area contributed by atoms with Crippen LogP contribution in [0.1, 0.15) is 36.4 Å². The number of hydrogen-bond donors (Lipinski definition) is 2. The quantitative estimate of drug-likeness (QED) is 0.837. The van der Waals surface area contributed by atoms with E-state index in [4.69, 9.17) is 5.73 Å². The van der Waals surface area contributed by atoms with Crippen LogP contribution in [-0.2, 0) is 11.3 Å². The topological polar surface area (TPSA) is 58.4 Å². The van der Waals surface area contributed by atoms with Crippen molar-refractivity contribution in [3.63, 3.8) is 0 Å². The van der Waals surface area contributed by atoms with E-state index < -0.39 is 0 Å². The van der Waals surface area contributed by atoms with Crippen LogP contribution in [0.15, 0.2) is 54.6 Å². The molecular weight excluding hydrogens is 329 g/mol. The third kappa shape index (κ3) is 5.38. The van der Waals surface area contributed by atoms with Gasteiger partial charge in [0.05, 0.1) is 0 Å². The van der Waals surface area contributed by atoms with Crippen molar-refractivity contribution in [2.75, 3.05) is 13.1 Å². The first-order valence-corrected chi connectivity index (χ1v) is 9.17. The predicted molar refractivity (Wildman–Crippen MR) is 101 cm³/mol. The molecule has 0 spiro atoms. The maximum atomic E-state index is 13.0. The number of piperidine rings is 1. The molecule has 0 aromatic heterocycles. The largest absolute Gasteiger partial charge is 0.353 e. The molecule has 1 fully saturated rings. The molecule has 3 N–H and O–H groups in total. The lowest BCUT2D eigenvalue weighted by atomic mass is 10.0. The minimum atomic E-state index is -0.269. The van der Waals surface area contributed by atoms with Gasteiger partial charge in [0.2, 0.25) is 5.91 Å². The van der Waals surface area contributed by atoms with E-state index in [9.17, 15) is 9.18 Å². The summed E-state index contributed by atoms with van der Waals surface area (Å²) in [5.41, 5.74) is 8.22. The zero-order valence-electron chi connectivity index (χ0n) is 14.9. The lowest BCUT2D eigenvalue weighted by molar-refractivity contribution is -0.122. The fraction of sp³-hybridized carbons (Fsp3) is 0.381. The Bertz CT molecular complexity index is 697. The van der Waals surface area contributed by atoms with Crippen LogP contribution in [-0.4, -0.2) is 29.9 Å². The second kappa shape index (κ2) is 8.92. The van der Waals surface area contributed by atoms with Crippen LogP contribution in [0.25, 0.3) is 0 Å². The fourth-order valence-corrected chi connectivity index (χ4v) is 3.39. The molecule has 2 aromatic rings. The molecule has 1 heterocycles. The van der Waals surface area contributed by atoms with Crippen molar-refractivity contribution in [1.82, 2.24) is 10.2 Å². The second-order valence-corrected chi connectivity index (χ2v) is 6.97. The second-order valence-electron chi connectivity index (χ2n) is 6.97. The zero-order valence-corrected chi connectivity index (χ0v) is 14.9. The highest BCUT2D eigenvalue weighted by molar-refractivity contribution is 5.77. The first kappa shape index (κ1) is 18.5. The molecule has 0 bridgehead atoms. The number of halogens is 1. The monoisotopic (exact) mass is 355 g/mol. The summed E-state index contributed by atoms with van der Waals surface area (Å²) in [5.74, 6) is -0.192. The summed E-state index contributed by atoms with van der Waals surface area (Å²) >= 11 is 0. The SMILES string of the molecule is NC(CC(=O)NC1CCN(Cc2ccc(F)cc2)CC1)c1ccccc1. The standard InChI is InChI=1S/C21H26FN3O/c22-18-8-6-16(7-9-18)15-25-12-10-19(11-13-25)24-21(26)14-20(23)17-4-2-1-3-5-17/h1-9,19-20H,10-15,23H2,(H,24,26). The molecule has 1 aliphatic rings. The van der Waals surface area contributed by atoms with Gasteiger partial charge in [-0.3, -0.25) is 9.69 Å². The molecule has 1 atom stereocenters. The van der Waals surface area contributed by atoms with Crippen molar-refractivity contribution in [2.24, 2.45) is 5.73 Å². The van der Waals surface area contributed by atoms with E-state index in [-0.39, 0.29) is 23.8 Å². The molecule has 5 heteroatoms. The minimum Gasteiger partial charge on any atom is -0.353 e. The van der Waals surface area contributed by atoms with Gasteiger partial charge < -0.3 is 11.1 Å². The molecule has 0 aliphatic carbocycles. The highest BCUT2D eigenvalue weighted by Crippen LogP contribution is 2.16. The van der Waals surface area contributed by atoms with Crippen molar-refractivity contribution in [1.29, 1.82) is 0 Å². The van der Waals surface area contributed by atoms with E-state index in [0.29, 0.717) is 6.42 Å². The Morgan fingerprint density at radius 2 is 1.77 bits per heavy atom. The third-order valence-corrected chi connectivity index (χ3v) is 4.91. The Morgan fingerprint density at radius 3 is 2.42 bits per heavy atom. The summed E-state index contributed by atoms with van der Waals surface area (Å²) < 4.78 is 13.0. The Morgan fingerprint density at radius 1 is 1.12 bits per heavy atom. The molecule has 1 amide bonds. The lowest BCUT2D eigenvalue weighted by Crippen LogP contribution is -2.44. The molecule has 0 saturated carbocycles. The summed E-state index contributed by atoms with van der Waals surface area (Å²) in [6.07, 6.45) is 2.15. The molecule has 0 radical (unpaired) electrons. The number of carbonyl (C=O) groups excluding carboxylic acids is 1. The van der Waals surface area contributed by atoms with Gasteiger partial charge in [0, 0.05) is 38.1 Å². The van der Waals surface area contributed by atoms with Gasteiger partial charge in [0.1, 0.15) is 5.82 Å². The fourth-order valence-electron chi connectivity index (χ4n) is 3.39. The molecule has 1 saturated heterocycles. The molecule has 26 heavy (non-hydrogen) atoms. The predicted octanol–water partition coefficient (Wildman–Crippen LogP) is 3.00. The number of amides is 1. The van der Waals surface area contributed by atoms with Crippen molar-refractivity contribution in [3.05, 3.63) is 71.5 Å². The number of likely N-dealkylation sites (tertiary alicyclic amines) is 1. The van der Waals surface area contributed by atoms with Gasteiger partial charge in [0.15, 0.2) is 0 Å². The lowest BCUT2D eigenvalue weighted by Gasteiger charge is -2.32. The van der Waals surface area contributed by atoms with Gasteiger partial charge in [-0.05, 0) is 36.1 Å². The zero-order chi connectivity index (χ0) is 18.4. The highest BCUT2D eigenvalue weighted by atomic mass is 19.1. The third-order valence-electron chi connectivity index (χ3n) is 4.91. The van der Waals surface area contributed by atoms with Crippen LogP contribution >= 0.6 is 0 Å². The van der Waals surface area contributed by atoms with Crippen molar-refractivity contribution >= 4 is 5.91 Å². The van der Waals surface area contributed by atoms with Crippen LogP contribution < -0.4 is 11.1 Å². The van der Waals surface area contributed by atoms with Crippen LogP contribution in [0.5, 0.6) is 0 Å². The highest BCUT2D eigenvalue weighted by Gasteiger charge is 2.21. The van der Waals surface area contributed by atoms with Crippen LogP contribution in [0.2, 0.25) is 0 Å². The maximum absolute atomic E-state index is 13.0. The summed E-state index contributed by atoms with van der Waals surface area (Å²) in [6.45, 7) is 2.67. The number of rotatable bonds is 6. The molecule has 2 aromatic carbocycles. The van der Waals surface area contributed by atoms with E-state index in [0.717, 1.165) is 43.6 Å². The van der Waals surface area contributed by atoms with E-state index in [1.807, 2.05) is 42.5 Å². The van der Waals surface area contributed by atoms with Crippen LogP contribution in [0.4, 0.5) is 4.39 Å². The molecule has 4 nitrogen and oxygen atoms in total. The van der Waals surface area contributed by atoms with Gasteiger partial charge in [-0.2, -0.15) is 0 Å². The van der Waals surface area contributed by atoms with E-state index in [1.54, 1.807) is 0 Å². The van der Waals surface area contributed by atoms with Gasteiger partial charge in [-0.1, -0.05) is 42.5 Å². The van der Waals surface area contributed by atoms with Crippen molar-refractivity contribution in [3.8, 4) is 0 Å². The summed E-state index contributed by atoms with van der Waals surface area (Å²) in [4.78, 5) is 14.6. The maximum Gasteiger partial charge on any atom is 0.222 e. The Labute approximate surface area is 154 Å². The van der Waals surface area contributed by atoms with E-state index in [2.05, 4.69) is 10.2 Å². The molecule has 1 aliphatic heterocycles. The number of nitrogens with two attached hydrogens (primary N) is 1. The van der Waals surface area contributed by atoms with Crippen LogP contribution in [0.3, 0.4) is 0 Å². The van der Waals surface area contributed by atoms with Gasteiger partial charge >= 0.3 is 0 Å². The first-order valence-electron chi connectivity index (χ1n) is 9.17. The number of nitrogens with one attached hydrogen (secondary N) is 1. The van der Waals surface area contributed by atoms with Crippen molar-refractivity contribution < 1.29 is 9.18 Å². The van der Waals surface area contributed by atoms with Gasteiger partial charge in [-0.25, -0.2) is 4.39 Å². The van der Waals surface area contributed by atoms with Gasteiger partial charge in [0.25, 0.3) is 0 Å². The number of benzene rings is 2. The summed E-state index contributed by atoms with van der Waals surface area (Å²) in [6, 6.07) is 16.3. The average Bonchev–Trinajstić information content (AvgIpc) is 2.66. The molecule has 3 rings (SSSR count). The smallest absolute Gasteiger partial charge is 0.222 e. The Hall–Kier alpha value is -2.24. The van der Waals surface area contributed by atoms with Crippen molar-refractivity contribution in [2.45, 2.75) is 37.9 Å². The minimum absolute atomic E-state index is 0.0123. The number of carbonyl (C=O) groups is 1. The Kier molecular flexibility index (Phi) is 6.36.